The van der Waals surface area contributed by atoms with Gasteiger partial charge in [-0.15, -0.1) is 0 Å². The highest BCUT2D eigenvalue weighted by molar-refractivity contribution is 7.21. The van der Waals surface area contributed by atoms with Crippen LogP contribution in [-0.4, -0.2) is 16.9 Å². The van der Waals surface area contributed by atoms with Gasteiger partial charge >= 0.3 is 0 Å². The van der Waals surface area contributed by atoms with Crippen LogP contribution in [0.1, 0.15) is 15.9 Å². The van der Waals surface area contributed by atoms with Gasteiger partial charge in [-0.1, -0.05) is 45.8 Å². The lowest BCUT2D eigenvalue weighted by Crippen LogP contribution is -2.45. The molecule has 0 unspecified atom stereocenters. The van der Waals surface area contributed by atoms with E-state index in [9.17, 15) is 4.79 Å². The van der Waals surface area contributed by atoms with Crippen molar-refractivity contribution in [2.75, 3.05) is 0 Å². The number of carbonyl (C=O) groups excluding carboxylic acids is 1. The van der Waals surface area contributed by atoms with Gasteiger partial charge in [0.2, 0.25) is 11.1 Å². The van der Waals surface area contributed by atoms with E-state index in [0.29, 0.717) is 10.7 Å². The minimum atomic E-state index is -0.336. The van der Waals surface area contributed by atoms with Gasteiger partial charge in [-0.05, 0) is 42.0 Å². The number of carbonyl (C=O) groups is 1. The van der Waals surface area contributed by atoms with E-state index < -0.39 is 0 Å². The molecule has 9 heteroatoms. The number of thiazole rings is 1. The Bertz CT molecular complexity index is 950. The molecule has 0 spiro atoms. The summed E-state index contributed by atoms with van der Waals surface area (Å²) in [5.74, 6) is -0.429. The average Bonchev–Trinajstić information content (AvgIpc) is 3.02. The SMILES string of the molecule is Cc1ccc2nc(/N=N/N=C(/N)NNC(=O)c3ccccc3)sc2c1. The van der Waals surface area contributed by atoms with Crippen molar-refractivity contribution in [2.45, 2.75) is 6.92 Å². The van der Waals surface area contributed by atoms with Crippen molar-refractivity contribution >= 4 is 38.6 Å². The molecule has 1 amide bonds. The molecule has 4 N–H and O–H groups in total. The summed E-state index contributed by atoms with van der Waals surface area (Å²) in [6, 6.07) is 14.7. The van der Waals surface area contributed by atoms with Gasteiger partial charge in [-0.3, -0.25) is 15.6 Å². The number of nitrogens with one attached hydrogen (secondary N) is 2. The largest absolute Gasteiger partial charge is 0.367 e. The molecule has 2 aromatic carbocycles. The van der Waals surface area contributed by atoms with Crippen molar-refractivity contribution in [3.8, 4) is 0 Å². The van der Waals surface area contributed by atoms with Crippen LogP contribution in [0.3, 0.4) is 0 Å². The van der Waals surface area contributed by atoms with Crippen LogP contribution in [-0.2, 0) is 0 Å². The van der Waals surface area contributed by atoms with E-state index in [-0.39, 0.29) is 11.9 Å². The zero-order chi connectivity index (χ0) is 17.6. The van der Waals surface area contributed by atoms with E-state index in [1.54, 1.807) is 24.3 Å². The van der Waals surface area contributed by atoms with Crippen LogP contribution >= 0.6 is 11.3 Å². The molecule has 0 aliphatic rings. The average molecular weight is 353 g/mol. The Kier molecular flexibility index (Phi) is 4.95. The Morgan fingerprint density at radius 2 is 1.96 bits per heavy atom. The summed E-state index contributed by atoms with van der Waals surface area (Å²) in [6.07, 6.45) is 0. The van der Waals surface area contributed by atoms with Crippen LogP contribution in [0.15, 0.2) is 64.0 Å². The molecule has 0 bridgehead atoms. The first kappa shape index (κ1) is 16.5. The van der Waals surface area contributed by atoms with Crippen molar-refractivity contribution in [1.82, 2.24) is 15.8 Å². The predicted molar refractivity (Wildman–Crippen MR) is 97.5 cm³/mol. The maximum Gasteiger partial charge on any atom is 0.269 e. The number of aryl methyl sites for hydroxylation is 1. The van der Waals surface area contributed by atoms with E-state index >= 15 is 0 Å². The lowest BCUT2D eigenvalue weighted by Gasteiger charge is -2.05. The van der Waals surface area contributed by atoms with E-state index in [0.717, 1.165) is 15.8 Å². The Balaban J connectivity index is 1.58. The highest BCUT2D eigenvalue weighted by Crippen LogP contribution is 2.28. The van der Waals surface area contributed by atoms with Gasteiger partial charge in [0.1, 0.15) is 0 Å². The molecule has 0 radical (unpaired) electrons. The summed E-state index contributed by atoms with van der Waals surface area (Å²) in [5.41, 5.74) is 13.0. The predicted octanol–water partition coefficient (Wildman–Crippen LogP) is 2.85. The summed E-state index contributed by atoms with van der Waals surface area (Å²) < 4.78 is 1.03. The second-order valence-electron chi connectivity index (χ2n) is 5.09. The summed E-state index contributed by atoms with van der Waals surface area (Å²) in [4.78, 5) is 16.1. The molecule has 3 rings (SSSR count). The lowest BCUT2D eigenvalue weighted by molar-refractivity contribution is 0.0943. The van der Waals surface area contributed by atoms with Crippen LogP contribution in [0.25, 0.3) is 10.2 Å². The van der Waals surface area contributed by atoms with Crippen LogP contribution < -0.4 is 16.6 Å². The zero-order valence-electron chi connectivity index (χ0n) is 13.3. The van der Waals surface area contributed by atoms with Crippen molar-refractivity contribution in [3.05, 3.63) is 59.7 Å². The molecule has 1 aromatic heterocycles. The monoisotopic (exact) mass is 353 g/mol. The molecule has 126 valence electrons. The molecule has 0 aliphatic carbocycles. The standard InChI is InChI=1S/C16H15N7OS/c1-10-7-8-12-13(9-10)25-16(18-12)22-23-21-15(17)20-19-14(24)11-5-3-2-4-6-11/h2-9H,1H3,(H,19,24)(H3,17,18,20,21,22). The number of rotatable bonds is 3. The van der Waals surface area contributed by atoms with Crippen molar-refractivity contribution in [2.24, 2.45) is 21.2 Å². The third-order valence-corrected chi connectivity index (χ3v) is 4.06. The first-order valence-corrected chi connectivity index (χ1v) is 8.16. The van der Waals surface area contributed by atoms with Crippen LogP contribution in [0.4, 0.5) is 5.13 Å². The van der Waals surface area contributed by atoms with Crippen molar-refractivity contribution in [3.63, 3.8) is 0 Å². The van der Waals surface area contributed by atoms with Gasteiger partial charge < -0.3 is 5.73 Å². The molecular weight excluding hydrogens is 338 g/mol. The van der Waals surface area contributed by atoms with Gasteiger partial charge in [0.15, 0.2) is 0 Å². The molecule has 1 heterocycles. The third-order valence-electron chi connectivity index (χ3n) is 3.16. The Morgan fingerprint density at radius 3 is 2.76 bits per heavy atom. The number of aromatic nitrogens is 1. The smallest absolute Gasteiger partial charge is 0.269 e. The number of benzene rings is 2. The molecule has 0 saturated heterocycles. The summed E-state index contributed by atoms with van der Waals surface area (Å²) in [5, 5.41) is 11.7. The first-order chi connectivity index (χ1) is 12.1. The second kappa shape index (κ2) is 7.49. The molecule has 0 saturated carbocycles. The quantitative estimate of drug-likeness (QED) is 0.290. The van der Waals surface area contributed by atoms with E-state index in [2.05, 4.69) is 31.3 Å². The van der Waals surface area contributed by atoms with Gasteiger partial charge in [-0.25, -0.2) is 4.98 Å². The number of hydrogen-bond donors (Lipinski definition) is 3. The lowest BCUT2D eigenvalue weighted by atomic mass is 10.2. The maximum atomic E-state index is 11.8. The van der Waals surface area contributed by atoms with Crippen LogP contribution in [0.2, 0.25) is 0 Å². The zero-order valence-corrected chi connectivity index (χ0v) is 14.1. The Labute approximate surface area is 147 Å². The van der Waals surface area contributed by atoms with Crippen LogP contribution in [0, 0.1) is 6.92 Å². The molecule has 3 aromatic rings. The Hall–Kier alpha value is -3.33. The minimum absolute atomic E-state index is 0.0926. The van der Waals surface area contributed by atoms with Gasteiger partial charge in [0.25, 0.3) is 5.91 Å². The minimum Gasteiger partial charge on any atom is -0.367 e. The topological polar surface area (TPSA) is 117 Å². The summed E-state index contributed by atoms with van der Waals surface area (Å²) in [7, 11) is 0. The van der Waals surface area contributed by atoms with Gasteiger partial charge in [-0.2, -0.15) is 0 Å². The fourth-order valence-electron chi connectivity index (χ4n) is 1.98. The number of guanidine groups is 1. The van der Waals surface area contributed by atoms with Crippen LogP contribution in [0.5, 0.6) is 0 Å². The molecule has 0 aliphatic heterocycles. The Morgan fingerprint density at radius 1 is 1.16 bits per heavy atom. The molecular formula is C16H15N7OS. The highest BCUT2D eigenvalue weighted by Gasteiger charge is 2.04. The number of nitrogens with zero attached hydrogens (tertiary/aromatic N) is 4. The molecule has 0 fully saturated rings. The first-order valence-electron chi connectivity index (χ1n) is 7.34. The number of hydrogen-bond acceptors (Lipinski definition) is 5. The van der Waals surface area contributed by atoms with Gasteiger partial charge in [0, 0.05) is 5.56 Å². The van der Waals surface area contributed by atoms with Gasteiger partial charge in [0.05, 0.1) is 10.2 Å². The fraction of sp³-hybridized carbons (Fsp3) is 0.0625. The molecule has 25 heavy (non-hydrogen) atoms. The molecule has 0 atom stereocenters. The van der Waals surface area contributed by atoms with E-state index in [1.165, 1.54) is 11.3 Å². The molecule has 8 nitrogen and oxygen atoms in total. The normalized spacial score (nSPS) is 11.8. The number of fused-ring (bicyclic) bond motifs is 1. The van der Waals surface area contributed by atoms with Crippen molar-refractivity contribution < 1.29 is 4.79 Å². The number of hydrazine groups is 1. The number of nitrogens with two attached hydrogens (primary N) is 1. The van der Waals surface area contributed by atoms with E-state index in [1.807, 2.05) is 31.2 Å². The van der Waals surface area contributed by atoms with Crippen molar-refractivity contribution in [1.29, 1.82) is 0 Å². The second-order valence-corrected chi connectivity index (χ2v) is 6.10. The third kappa shape index (κ3) is 4.36. The highest BCUT2D eigenvalue weighted by atomic mass is 32.1. The number of amides is 1. The summed E-state index contributed by atoms with van der Waals surface area (Å²) >= 11 is 1.41. The maximum absolute atomic E-state index is 11.8. The summed E-state index contributed by atoms with van der Waals surface area (Å²) in [6.45, 7) is 2.01. The fourth-order valence-corrected chi connectivity index (χ4v) is 2.86. The van der Waals surface area contributed by atoms with E-state index in [4.69, 9.17) is 5.73 Å².